The summed E-state index contributed by atoms with van der Waals surface area (Å²) in [5, 5.41) is 9.64. The molecule has 1 amide bonds. The molecule has 1 aliphatic carbocycles. The molecule has 234 valence electrons. The highest BCUT2D eigenvalue weighted by Crippen LogP contribution is 2.37. The second-order valence-corrected chi connectivity index (χ2v) is 12.6. The van der Waals surface area contributed by atoms with Gasteiger partial charge >= 0.3 is 0 Å². The van der Waals surface area contributed by atoms with E-state index in [1.807, 2.05) is 6.07 Å². The van der Waals surface area contributed by atoms with Crippen LogP contribution in [0.5, 0.6) is 0 Å². The molecule has 11 heteroatoms. The van der Waals surface area contributed by atoms with Crippen LogP contribution >= 0.6 is 0 Å². The first-order valence-electron chi connectivity index (χ1n) is 15.8. The van der Waals surface area contributed by atoms with Gasteiger partial charge in [-0.2, -0.15) is 10.2 Å². The minimum Gasteiger partial charge on any atom is -0.381 e. The average Bonchev–Trinajstić information content (AvgIpc) is 2.99. The summed E-state index contributed by atoms with van der Waals surface area (Å²) < 4.78 is 19.4. The molecular formula is C33H43FN8O2. The molecule has 0 bridgehead atoms. The van der Waals surface area contributed by atoms with Gasteiger partial charge in [-0.05, 0) is 57.5 Å². The van der Waals surface area contributed by atoms with E-state index >= 15 is 0 Å². The van der Waals surface area contributed by atoms with Gasteiger partial charge in [0.25, 0.3) is 0 Å². The standard InChI is InChI=1S/C33H43FN8O2/c1-38(2)27-21-40(22-27)33-36-29-19-25(41-14-4-6-23-8-9-24(34)18-30(23)41)10-11-28(29)32(37-33)39-15-16-42(26(20-39)12-13-35)31(43)7-5-17-44-3/h5,7-9,18,25-27H,4,6,10-12,14-17,19-22H2,1-3H3. The van der Waals surface area contributed by atoms with Crippen LogP contribution in [0.15, 0.2) is 30.4 Å². The number of halogens is 1. The monoisotopic (exact) mass is 602 g/mol. The van der Waals surface area contributed by atoms with Gasteiger partial charge in [0, 0.05) is 82.2 Å². The number of nitrogens with zero attached hydrogens (tertiary/aromatic N) is 8. The summed E-state index contributed by atoms with van der Waals surface area (Å²) in [6, 6.07) is 7.97. The van der Waals surface area contributed by atoms with Crippen molar-refractivity contribution in [2.45, 2.75) is 56.7 Å². The Kier molecular flexibility index (Phi) is 9.01. The van der Waals surface area contributed by atoms with Crippen molar-refractivity contribution in [2.75, 3.05) is 81.8 Å². The zero-order valence-corrected chi connectivity index (χ0v) is 26.1. The van der Waals surface area contributed by atoms with Crippen LogP contribution in [0.2, 0.25) is 0 Å². The Bertz CT molecular complexity index is 1440. The number of anilines is 3. The summed E-state index contributed by atoms with van der Waals surface area (Å²) in [4.78, 5) is 34.3. The van der Waals surface area contributed by atoms with Crippen LogP contribution in [0.3, 0.4) is 0 Å². The second kappa shape index (κ2) is 13.1. The van der Waals surface area contributed by atoms with E-state index in [9.17, 15) is 14.4 Å². The Labute approximate surface area is 259 Å². The first-order valence-corrected chi connectivity index (χ1v) is 15.8. The zero-order valence-electron chi connectivity index (χ0n) is 26.1. The third kappa shape index (κ3) is 6.10. The predicted molar refractivity (Wildman–Crippen MR) is 169 cm³/mol. The average molecular weight is 603 g/mol. The van der Waals surface area contributed by atoms with Gasteiger partial charge in [-0.3, -0.25) is 4.79 Å². The lowest BCUT2D eigenvalue weighted by molar-refractivity contribution is -0.128. The smallest absolute Gasteiger partial charge is 0.246 e. The Morgan fingerprint density at radius 3 is 2.77 bits per heavy atom. The summed E-state index contributed by atoms with van der Waals surface area (Å²) in [7, 11) is 5.80. The molecule has 44 heavy (non-hydrogen) atoms. The Morgan fingerprint density at radius 1 is 1.16 bits per heavy atom. The lowest BCUT2D eigenvalue weighted by atomic mass is 9.88. The number of hydrogen-bond donors (Lipinski definition) is 0. The quantitative estimate of drug-likeness (QED) is 0.423. The first-order chi connectivity index (χ1) is 21.4. The van der Waals surface area contributed by atoms with Crippen molar-refractivity contribution in [1.82, 2.24) is 19.8 Å². The van der Waals surface area contributed by atoms with Crippen LogP contribution in [0.1, 0.15) is 36.1 Å². The largest absolute Gasteiger partial charge is 0.381 e. The van der Waals surface area contributed by atoms with Gasteiger partial charge in [0.15, 0.2) is 0 Å². The summed E-state index contributed by atoms with van der Waals surface area (Å²) in [5.41, 5.74) is 4.48. The number of carbonyl (C=O) groups excluding carboxylic acids is 1. The number of ether oxygens (including phenoxy) is 1. The molecule has 3 aliphatic heterocycles. The molecular weight excluding hydrogens is 559 g/mol. The molecule has 1 aromatic heterocycles. The third-order valence-corrected chi connectivity index (χ3v) is 9.65. The molecule has 2 unspecified atom stereocenters. The number of benzene rings is 1. The molecule has 1 aromatic carbocycles. The molecule has 4 heterocycles. The van der Waals surface area contributed by atoms with E-state index in [2.05, 4.69) is 39.8 Å². The number of rotatable bonds is 8. The van der Waals surface area contributed by atoms with Crippen molar-refractivity contribution in [3.63, 3.8) is 0 Å². The fourth-order valence-electron chi connectivity index (χ4n) is 7.09. The van der Waals surface area contributed by atoms with Crippen LogP contribution in [0, 0.1) is 17.1 Å². The number of aromatic nitrogens is 2. The Morgan fingerprint density at radius 2 is 2.00 bits per heavy atom. The van der Waals surface area contributed by atoms with Gasteiger partial charge in [0.1, 0.15) is 11.6 Å². The molecule has 2 aromatic rings. The van der Waals surface area contributed by atoms with Crippen LogP contribution < -0.4 is 14.7 Å². The molecule has 2 atom stereocenters. The highest BCUT2D eigenvalue weighted by Gasteiger charge is 2.37. The van der Waals surface area contributed by atoms with Crippen molar-refractivity contribution in [3.8, 4) is 6.07 Å². The van der Waals surface area contributed by atoms with Crippen molar-refractivity contribution >= 4 is 23.4 Å². The highest BCUT2D eigenvalue weighted by molar-refractivity contribution is 5.88. The SMILES string of the molecule is COCC=CC(=O)N1CCN(c2nc(N3CC(N(C)C)C3)nc3c2CCC(N2CCCc4ccc(F)cc42)C3)CC1CC#N. The van der Waals surface area contributed by atoms with Crippen molar-refractivity contribution in [3.05, 3.63) is 53.0 Å². The second-order valence-electron chi connectivity index (χ2n) is 12.6. The van der Waals surface area contributed by atoms with E-state index in [1.54, 1.807) is 36.3 Å². The topological polar surface area (TPSA) is 92.1 Å². The van der Waals surface area contributed by atoms with E-state index in [4.69, 9.17) is 14.7 Å². The number of nitriles is 1. The maximum atomic E-state index is 14.3. The molecule has 2 saturated heterocycles. The molecule has 0 radical (unpaired) electrons. The van der Waals surface area contributed by atoms with Crippen LogP contribution in [0.25, 0.3) is 0 Å². The number of likely N-dealkylation sites (N-methyl/N-ethyl adjacent to an activating group) is 1. The molecule has 0 saturated carbocycles. The normalized spacial score (nSPS) is 22.2. The number of carbonyl (C=O) groups is 1. The van der Waals surface area contributed by atoms with Crippen molar-refractivity contribution in [2.24, 2.45) is 0 Å². The fraction of sp³-hybridized carbons (Fsp3) is 0.576. The van der Waals surface area contributed by atoms with Crippen LogP contribution in [0.4, 0.5) is 21.8 Å². The van der Waals surface area contributed by atoms with Crippen LogP contribution in [-0.4, -0.2) is 111 Å². The summed E-state index contributed by atoms with van der Waals surface area (Å²) in [5.74, 6) is 1.40. The Hall–Kier alpha value is -3.75. The van der Waals surface area contributed by atoms with Gasteiger partial charge in [0.2, 0.25) is 11.9 Å². The van der Waals surface area contributed by atoms with E-state index in [0.717, 1.165) is 74.9 Å². The lowest BCUT2D eigenvalue weighted by Crippen LogP contribution is -2.58. The number of fused-ring (bicyclic) bond motifs is 2. The van der Waals surface area contributed by atoms with Gasteiger partial charge in [-0.25, -0.2) is 9.37 Å². The summed E-state index contributed by atoms with van der Waals surface area (Å²) in [6.45, 7) is 4.74. The van der Waals surface area contributed by atoms with E-state index in [1.165, 1.54) is 11.1 Å². The minimum atomic E-state index is -0.235. The molecule has 0 N–H and O–H groups in total. The van der Waals surface area contributed by atoms with Crippen molar-refractivity contribution in [1.29, 1.82) is 5.26 Å². The molecule has 10 nitrogen and oxygen atoms in total. The van der Waals surface area contributed by atoms with Crippen LogP contribution in [-0.2, 0) is 28.8 Å². The third-order valence-electron chi connectivity index (χ3n) is 9.65. The maximum Gasteiger partial charge on any atom is 0.246 e. The summed E-state index contributed by atoms with van der Waals surface area (Å²) in [6.07, 6.45) is 8.11. The van der Waals surface area contributed by atoms with Crippen molar-refractivity contribution < 1.29 is 13.9 Å². The van der Waals surface area contributed by atoms with E-state index < -0.39 is 0 Å². The van der Waals surface area contributed by atoms with Gasteiger partial charge in [0.05, 0.1) is 30.8 Å². The van der Waals surface area contributed by atoms with Gasteiger partial charge in [-0.15, -0.1) is 0 Å². The predicted octanol–water partition coefficient (Wildman–Crippen LogP) is 2.81. The Balaban J connectivity index is 1.29. The van der Waals surface area contributed by atoms with E-state index in [-0.39, 0.29) is 30.2 Å². The molecule has 0 spiro atoms. The minimum absolute atomic E-state index is 0.0937. The summed E-state index contributed by atoms with van der Waals surface area (Å²) >= 11 is 0. The van der Waals surface area contributed by atoms with Gasteiger partial charge < -0.3 is 29.2 Å². The lowest BCUT2D eigenvalue weighted by Gasteiger charge is -2.45. The van der Waals surface area contributed by atoms with Gasteiger partial charge in [-0.1, -0.05) is 12.1 Å². The number of aryl methyl sites for hydroxylation is 1. The molecule has 4 aliphatic rings. The molecule has 6 rings (SSSR count). The highest BCUT2D eigenvalue weighted by atomic mass is 19.1. The first kappa shape index (κ1) is 30.3. The van der Waals surface area contributed by atoms with E-state index in [0.29, 0.717) is 32.3 Å². The number of amides is 1. The number of hydrogen-bond acceptors (Lipinski definition) is 9. The number of piperazine rings is 1. The number of methoxy groups -OCH3 is 1. The molecule has 2 fully saturated rings. The zero-order chi connectivity index (χ0) is 30.8. The fourth-order valence-corrected chi connectivity index (χ4v) is 7.09. The maximum absolute atomic E-state index is 14.3.